The second-order valence-electron chi connectivity index (χ2n) is 8.42. The van der Waals surface area contributed by atoms with Gasteiger partial charge in [0.05, 0.1) is 7.11 Å². The first kappa shape index (κ1) is 21.7. The molecule has 1 saturated heterocycles. The number of carbonyl (C=O) groups excluding carboxylic acids is 3. The van der Waals surface area contributed by atoms with Crippen LogP contribution in [-0.2, 0) is 11.4 Å². The fourth-order valence-electron chi connectivity index (χ4n) is 4.15. The molecule has 2 aromatic rings. The highest BCUT2D eigenvalue weighted by Gasteiger charge is 2.52. The number of urea groups is 1. The molecule has 4 amide bonds. The molecule has 2 aliphatic rings. The van der Waals surface area contributed by atoms with Crippen molar-refractivity contribution in [2.24, 2.45) is 5.92 Å². The van der Waals surface area contributed by atoms with Crippen LogP contribution >= 0.6 is 0 Å². The van der Waals surface area contributed by atoms with E-state index in [9.17, 15) is 14.4 Å². The molecule has 2 fully saturated rings. The summed E-state index contributed by atoms with van der Waals surface area (Å²) >= 11 is 0. The lowest BCUT2D eigenvalue weighted by atomic mass is 9.77. The van der Waals surface area contributed by atoms with E-state index in [2.05, 4.69) is 17.7 Å². The van der Waals surface area contributed by atoms with Gasteiger partial charge in [0.2, 0.25) is 0 Å². The normalized spacial score (nSPS) is 22.6. The Hall–Kier alpha value is -3.55. The monoisotopic (exact) mass is 437 g/mol. The Kier molecular flexibility index (Phi) is 6.03. The first-order chi connectivity index (χ1) is 15.4. The van der Waals surface area contributed by atoms with Crippen molar-refractivity contribution in [1.82, 2.24) is 15.8 Å². The maximum Gasteiger partial charge on any atom is 0.344 e. The Morgan fingerprint density at radius 2 is 1.84 bits per heavy atom. The third kappa shape index (κ3) is 4.26. The third-order valence-corrected chi connectivity index (χ3v) is 6.17. The number of hydrogen-bond acceptors (Lipinski definition) is 5. The zero-order valence-corrected chi connectivity index (χ0v) is 18.2. The largest absolute Gasteiger partial charge is 0.493 e. The average molecular weight is 437 g/mol. The Balaban J connectivity index is 1.44. The van der Waals surface area contributed by atoms with Crippen LogP contribution in [-0.4, -0.2) is 35.5 Å². The summed E-state index contributed by atoms with van der Waals surface area (Å²) in [6, 6.07) is 13.8. The predicted molar refractivity (Wildman–Crippen MR) is 117 cm³/mol. The first-order valence-electron chi connectivity index (χ1n) is 10.7. The molecular weight excluding hydrogens is 410 g/mol. The molecule has 0 radical (unpaired) electrons. The Labute approximate surface area is 186 Å². The molecule has 168 valence electrons. The molecular formula is C24H27N3O5. The van der Waals surface area contributed by atoms with E-state index in [4.69, 9.17) is 9.47 Å². The van der Waals surface area contributed by atoms with Crippen LogP contribution in [0.2, 0.25) is 0 Å². The number of nitrogens with one attached hydrogen (secondary N) is 2. The van der Waals surface area contributed by atoms with Gasteiger partial charge in [0.25, 0.3) is 11.8 Å². The van der Waals surface area contributed by atoms with E-state index in [0.29, 0.717) is 36.9 Å². The van der Waals surface area contributed by atoms with Crippen molar-refractivity contribution >= 4 is 17.8 Å². The highest BCUT2D eigenvalue weighted by atomic mass is 16.5. The van der Waals surface area contributed by atoms with Crippen molar-refractivity contribution in [3.05, 3.63) is 59.7 Å². The van der Waals surface area contributed by atoms with E-state index in [1.807, 2.05) is 30.3 Å². The van der Waals surface area contributed by atoms with Crippen LogP contribution < -0.4 is 20.2 Å². The lowest BCUT2D eigenvalue weighted by molar-refractivity contribution is -0.134. The molecule has 2 aromatic carbocycles. The molecule has 32 heavy (non-hydrogen) atoms. The summed E-state index contributed by atoms with van der Waals surface area (Å²) in [5.74, 6) is 0.394. The van der Waals surface area contributed by atoms with Gasteiger partial charge in [0, 0.05) is 5.56 Å². The van der Waals surface area contributed by atoms with Crippen molar-refractivity contribution in [2.75, 3.05) is 7.11 Å². The number of amides is 4. The summed E-state index contributed by atoms with van der Waals surface area (Å²) < 4.78 is 11.2. The fraction of sp³-hybridized carbons (Fsp3) is 0.375. The summed E-state index contributed by atoms with van der Waals surface area (Å²) in [6.07, 6.45) is 2.86. The molecule has 2 N–H and O–H groups in total. The number of ether oxygens (including phenoxy) is 2. The van der Waals surface area contributed by atoms with Gasteiger partial charge in [0.15, 0.2) is 11.5 Å². The molecule has 1 aliphatic carbocycles. The number of rotatable bonds is 6. The van der Waals surface area contributed by atoms with Crippen LogP contribution in [0.25, 0.3) is 0 Å². The predicted octanol–water partition coefficient (Wildman–Crippen LogP) is 3.42. The maximum atomic E-state index is 12.9. The molecule has 0 atom stereocenters. The van der Waals surface area contributed by atoms with Gasteiger partial charge in [-0.2, -0.15) is 5.01 Å². The van der Waals surface area contributed by atoms with Gasteiger partial charge in [-0.15, -0.1) is 0 Å². The molecule has 1 saturated carbocycles. The number of benzene rings is 2. The van der Waals surface area contributed by atoms with E-state index >= 15 is 0 Å². The number of methoxy groups -OCH3 is 1. The second kappa shape index (κ2) is 8.90. The van der Waals surface area contributed by atoms with Gasteiger partial charge in [0.1, 0.15) is 12.1 Å². The van der Waals surface area contributed by atoms with Crippen LogP contribution in [0, 0.1) is 5.92 Å². The number of imide groups is 1. The lowest BCUT2D eigenvalue weighted by Crippen LogP contribution is -2.51. The SMILES string of the molecule is COc1cc(C(=O)NN2C(=O)NC3(CCC(C)CC3)C2=O)ccc1OCc1ccccc1. The zero-order valence-electron chi connectivity index (χ0n) is 18.2. The smallest absolute Gasteiger partial charge is 0.344 e. The van der Waals surface area contributed by atoms with Crippen molar-refractivity contribution in [1.29, 1.82) is 0 Å². The van der Waals surface area contributed by atoms with Gasteiger partial charge in [-0.1, -0.05) is 37.3 Å². The minimum absolute atomic E-state index is 0.243. The minimum Gasteiger partial charge on any atom is -0.493 e. The van der Waals surface area contributed by atoms with E-state index < -0.39 is 23.4 Å². The van der Waals surface area contributed by atoms with Crippen LogP contribution in [0.15, 0.2) is 48.5 Å². The van der Waals surface area contributed by atoms with Crippen LogP contribution in [0.3, 0.4) is 0 Å². The van der Waals surface area contributed by atoms with Crippen molar-refractivity contribution in [2.45, 2.75) is 44.8 Å². The topological polar surface area (TPSA) is 97.0 Å². The summed E-state index contributed by atoms with van der Waals surface area (Å²) in [7, 11) is 1.48. The van der Waals surface area contributed by atoms with Gasteiger partial charge >= 0.3 is 6.03 Å². The molecule has 0 unspecified atom stereocenters. The van der Waals surface area contributed by atoms with E-state index in [-0.39, 0.29) is 5.56 Å². The quantitative estimate of drug-likeness (QED) is 0.675. The van der Waals surface area contributed by atoms with Gasteiger partial charge in [-0.05, 0) is 55.4 Å². The summed E-state index contributed by atoms with van der Waals surface area (Å²) in [5.41, 5.74) is 2.77. The highest BCUT2D eigenvalue weighted by molar-refractivity contribution is 6.09. The molecule has 8 nitrogen and oxygen atoms in total. The van der Waals surface area contributed by atoms with Crippen molar-refractivity contribution < 1.29 is 23.9 Å². The number of hydrogen-bond donors (Lipinski definition) is 2. The van der Waals surface area contributed by atoms with Gasteiger partial charge in [-0.25, -0.2) is 4.79 Å². The molecule has 1 heterocycles. The summed E-state index contributed by atoms with van der Waals surface area (Å²) in [5, 5.41) is 3.58. The van der Waals surface area contributed by atoms with E-state index in [0.717, 1.165) is 23.4 Å². The van der Waals surface area contributed by atoms with Gasteiger partial charge < -0.3 is 14.8 Å². The van der Waals surface area contributed by atoms with Crippen molar-refractivity contribution in [3.8, 4) is 11.5 Å². The number of carbonyl (C=O) groups is 3. The van der Waals surface area contributed by atoms with Crippen LogP contribution in [0.4, 0.5) is 4.79 Å². The van der Waals surface area contributed by atoms with Crippen LogP contribution in [0.1, 0.15) is 48.5 Å². The molecule has 0 aromatic heterocycles. The Morgan fingerprint density at radius 3 is 2.53 bits per heavy atom. The average Bonchev–Trinajstić information content (AvgIpc) is 3.04. The van der Waals surface area contributed by atoms with E-state index in [1.165, 1.54) is 13.2 Å². The van der Waals surface area contributed by atoms with Crippen LogP contribution in [0.5, 0.6) is 11.5 Å². The van der Waals surface area contributed by atoms with Crippen molar-refractivity contribution in [3.63, 3.8) is 0 Å². The zero-order chi connectivity index (χ0) is 22.7. The Bertz CT molecular complexity index is 1020. The molecule has 8 heteroatoms. The Morgan fingerprint density at radius 1 is 1.12 bits per heavy atom. The number of nitrogens with zero attached hydrogens (tertiary/aromatic N) is 1. The maximum absolute atomic E-state index is 12.9. The molecule has 1 aliphatic heterocycles. The first-order valence-corrected chi connectivity index (χ1v) is 10.7. The second-order valence-corrected chi connectivity index (χ2v) is 8.42. The molecule has 0 bridgehead atoms. The minimum atomic E-state index is -0.913. The summed E-state index contributed by atoms with van der Waals surface area (Å²) in [4.78, 5) is 38.2. The highest BCUT2D eigenvalue weighted by Crippen LogP contribution is 2.36. The van der Waals surface area contributed by atoms with Gasteiger partial charge in [-0.3, -0.25) is 15.0 Å². The molecule has 1 spiro atoms. The lowest BCUT2D eigenvalue weighted by Gasteiger charge is -2.33. The third-order valence-electron chi connectivity index (χ3n) is 6.17. The number of hydrazine groups is 1. The summed E-state index contributed by atoms with van der Waals surface area (Å²) in [6.45, 7) is 2.49. The fourth-order valence-corrected chi connectivity index (χ4v) is 4.15. The van der Waals surface area contributed by atoms with E-state index in [1.54, 1.807) is 12.1 Å². The molecule has 4 rings (SSSR count). The standard InChI is InChI=1S/C24H27N3O5/c1-16-10-12-24(13-11-16)22(29)27(23(30)25-24)26-21(28)18-8-9-19(20(14-18)31-2)32-15-17-6-4-3-5-7-17/h3-9,14,16H,10-13,15H2,1-2H3,(H,25,30)(H,26,28).